The van der Waals surface area contributed by atoms with E-state index in [2.05, 4.69) is 142 Å². The molecule has 0 saturated heterocycles. The lowest BCUT2D eigenvalue weighted by molar-refractivity contribution is -0.167. The molecule has 1 atom stereocenters. The van der Waals surface area contributed by atoms with Crippen LogP contribution in [0.5, 0.6) is 0 Å². The molecule has 0 saturated carbocycles. The molecule has 0 aromatic rings. The van der Waals surface area contributed by atoms with Crippen LogP contribution < -0.4 is 0 Å². The third-order valence-electron chi connectivity index (χ3n) is 14.4. The largest absolute Gasteiger partial charge is 0.462 e. The number of carbonyl (C=O) groups excluding carboxylic acids is 3. The number of hydrogen-bond acceptors (Lipinski definition) is 6. The molecule has 0 amide bonds. The van der Waals surface area contributed by atoms with Crippen molar-refractivity contribution < 1.29 is 28.6 Å². The van der Waals surface area contributed by atoms with Gasteiger partial charge in [0.1, 0.15) is 13.2 Å². The van der Waals surface area contributed by atoms with E-state index in [1.54, 1.807) is 0 Å². The summed E-state index contributed by atoms with van der Waals surface area (Å²) in [5.41, 5.74) is 0. The zero-order valence-corrected chi connectivity index (χ0v) is 53.0. The van der Waals surface area contributed by atoms with E-state index in [4.69, 9.17) is 14.2 Å². The summed E-state index contributed by atoms with van der Waals surface area (Å²) in [7, 11) is 0. The Morgan fingerprint density at radius 3 is 0.765 bits per heavy atom. The molecular weight excluding hydrogens is 997 g/mol. The molecule has 0 bridgehead atoms. The minimum Gasteiger partial charge on any atom is -0.462 e. The maximum Gasteiger partial charge on any atom is 0.306 e. The Bertz CT molecular complexity index is 1670. The predicted octanol–water partition coefficient (Wildman–Crippen LogP) is 23.6. The van der Waals surface area contributed by atoms with Crippen molar-refractivity contribution in [1.82, 2.24) is 0 Å². The monoisotopic (exact) mass is 1120 g/mol. The SMILES string of the molecule is CC/C=C\C/C=C\C/C=C\C/C=C\C/C=C\CCCCCCCCCCCC(=O)OCC(COC(=O)CCCCCCC/C=C\CCCCCCCC)OC(=O)CCCCCCCCCCCC/C=C\C/C=C\C/C=C\C/C=C\CC. The van der Waals surface area contributed by atoms with Gasteiger partial charge in [0, 0.05) is 19.3 Å². The Labute approximate surface area is 501 Å². The van der Waals surface area contributed by atoms with Crippen LogP contribution in [0, 0.1) is 0 Å². The van der Waals surface area contributed by atoms with E-state index < -0.39 is 6.10 Å². The molecule has 0 aliphatic rings. The van der Waals surface area contributed by atoms with Crippen molar-refractivity contribution >= 4 is 17.9 Å². The van der Waals surface area contributed by atoms with Crippen molar-refractivity contribution in [3.63, 3.8) is 0 Å². The summed E-state index contributed by atoms with van der Waals surface area (Å²) in [5, 5.41) is 0. The molecule has 0 rings (SSSR count). The maximum atomic E-state index is 13.0. The van der Waals surface area contributed by atoms with Crippen molar-refractivity contribution in [2.45, 2.75) is 322 Å². The average molecular weight is 1120 g/mol. The van der Waals surface area contributed by atoms with Crippen molar-refractivity contribution in [2.24, 2.45) is 0 Å². The maximum absolute atomic E-state index is 13.0. The van der Waals surface area contributed by atoms with Crippen LogP contribution in [-0.2, 0) is 28.6 Å². The summed E-state index contributed by atoms with van der Waals surface area (Å²) in [6.07, 6.45) is 94.9. The molecule has 0 heterocycles. The molecule has 0 aromatic carbocycles. The van der Waals surface area contributed by atoms with Crippen LogP contribution in [0.25, 0.3) is 0 Å². The van der Waals surface area contributed by atoms with Crippen LogP contribution in [0.4, 0.5) is 0 Å². The zero-order chi connectivity index (χ0) is 58.5. The lowest BCUT2D eigenvalue weighted by Crippen LogP contribution is -2.30. The molecule has 81 heavy (non-hydrogen) atoms. The Hall–Kier alpha value is -4.19. The van der Waals surface area contributed by atoms with E-state index in [1.165, 1.54) is 148 Å². The Balaban J connectivity index is 4.38. The summed E-state index contributed by atoms with van der Waals surface area (Å²) < 4.78 is 17.0. The highest BCUT2D eigenvalue weighted by Crippen LogP contribution is 2.16. The third kappa shape index (κ3) is 66.5. The van der Waals surface area contributed by atoms with Crippen LogP contribution in [0.2, 0.25) is 0 Å². The third-order valence-corrected chi connectivity index (χ3v) is 14.4. The van der Waals surface area contributed by atoms with E-state index >= 15 is 0 Å². The summed E-state index contributed by atoms with van der Waals surface area (Å²) >= 11 is 0. The molecule has 0 N–H and O–H groups in total. The fourth-order valence-electron chi connectivity index (χ4n) is 9.40. The van der Waals surface area contributed by atoms with Crippen LogP contribution in [0.3, 0.4) is 0 Å². The normalized spacial score (nSPS) is 12.9. The smallest absolute Gasteiger partial charge is 0.306 e. The standard InChI is InChI=1S/C75H126O6/c1-4-7-10-13-16-19-22-25-28-30-32-34-36-37-39-40-42-44-47-50-53-56-59-62-65-68-74(77)80-71-72(70-79-73(76)67-64-61-58-55-52-49-46-27-24-21-18-15-12-9-6-3)81-75(78)69-66-63-60-57-54-51-48-45-43-41-38-35-33-31-29-26-23-20-17-14-11-8-5-2/h7-8,10-11,16-17,19-20,25-29,32-35,37,39,46,72H,4-6,9,12-15,18,21-24,30-31,36,38,40-45,47-71H2,1-3H3/b10-7-,11-8-,19-16-,20-17-,28-25-,29-26-,34-32-,35-33-,39-37-,46-27-. The van der Waals surface area contributed by atoms with Crippen molar-refractivity contribution in [1.29, 1.82) is 0 Å². The van der Waals surface area contributed by atoms with Gasteiger partial charge in [0.05, 0.1) is 0 Å². The summed E-state index contributed by atoms with van der Waals surface area (Å²) in [6, 6.07) is 0. The highest BCUT2D eigenvalue weighted by molar-refractivity contribution is 5.71. The summed E-state index contributed by atoms with van der Waals surface area (Å²) in [5.74, 6) is -0.895. The Morgan fingerprint density at radius 2 is 0.481 bits per heavy atom. The lowest BCUT2D eigenvalue weighted by atomic mass is 10.0. The molecule has 0 aliphatic carbocycles. The number of unbranched alkanes of at least 4 members (excludes halogenated alkanes) is 30. The topological polar surface area (TPSA) is 78.9 Å². The fraction of sp³-hybridized carbons (Fsp3) is 0.693. The van der Waals surface area contributed by atoms with E-state index in [-0.39, 0.29) is 31.1 Å². The van der Waals surface area contributed by atoms with Gasteiger partial charge in [-0.3, -0.25) is 14.4 Å². The van der Waals surface area contributed by atoms with Crippen LogP contribution in [0.15, 0.2) is 122 Å². The van der Waals surface area contributed by atoms with Gasteiger partial charge in [0.15, 0.2) is 6.10 Å². The summed E-state index contributed by atoms with van der Waals surface area (Å²) in [6.45, 7) is 6.42. The first-order chi connectivity index (χ1) is 40.0. The second-order valence-corrected chi connectivity index (χ2v) is 22.3. The van der Waals surface area contributed by atoms with Gasteiger partial charge in [-0.15, -0.1) is 0 Å². The number of allylic oxidation sites excluding steroid dienone is 20. The van der Waals surface area contributed by atoms with E-state index in [9.17, 15) is 14.4 Å². The molecule has 0 aliphatic heterocycles. The number of ether oxygens (including phenoxy) is 3. The van der Waals surface area contributed by atoms with E-state index in [0.29, 0.717) is 19.3 Å². The van der Waals surface area contributed by atoms with Gasteiger partial charge in [-0.25, -0.2) is 0 Å². The molecule has 462 valence electrons. The Morgan fingerprint density at radius 1 is 0.259 bits per heavy atom. The number of hydrogen-bond donors (Lipinski definition) is 0. The average Bonchev–Trinajstić information content (AvgIpc) is 3.47. The van der Waals surface area contributed by atoms with Gasteiger partial charge in [0.25, 0.3) is 0 Å². The first-order valence-electron chi connectivity index (χ1n) is 34.0. The molecule has 6 heteroatoms. The van der Waals surface area contributed by atoms with Gasteiger partial charge in [-0.2, -0.15) is 0 Å². The second kappa shape index (κ2) is 68.3. The summed E-state index contributed by atoms with van der Waals surface area (Å²) in [4.78, 5) is 38.4. The van der Waals surface area contributed by atoms with Gasteiger partial charge < -0.3 is 14.2 Å². The molecule has 0 radical (unpaired) electrons. The van der Waals surface area contributed by atoms with Crippen molar-refractivity contribution in [2.75, 3.05) is 13.2 Å². The molecule has 0 aromatic heterocycles. The van der Waals surface area contributed by atoms with Crippen LogP contribution >= 0.6 is 0 Å². The molecule has 6 nitrogen and oxygen atoms in total. The number of rotatable bonds is 61. The van der Waals surface area contributed by atoms with Gasteiger partial charge in [-0.1, -0.05) is 290 Å². The van der Waals surface area contributed by atoms with Crippen molar-refractivity contribution in [3.05, 3.63) is 122 Å². The fourth-order valence-corrected chi connectivity index (χ4v) is 9.40. The van der Waals surface area contributed by atoms with Gasteiger partial charge >= 0.3 is 17.9 Å². The van der Waals surface area contributed by atoms with Gasteiger partial charge in [0.2, 0.25) is 0 Å². The number of esters is 3. The van der Waals surface area contributed by atoms with E-state index in [0.717, 1.165) is 128 Å². The Kier molecular flexibility index (Phi) is 64.8. The van der Waals surface area contributed by atoms with Crippen LogP contribution in [-0.4, -0.2) is 37.2 Å². The van der Waals surface area contributed by atoms with E-state index in [1.807, 2.05) is 0 Å². The molecular formula is C75H126O6. The highest BCUT2D eigenvalue weighted by Gasteiger charge is 2.19. The predicted molar refractivity (Wildman–Crippen MR) is 353 cm³/mol. The lowest BCUT2D eigenvalue weighted by Gasteiger charge is -2.18. The van der Waals surface area contributed by atoms with Crippen molar-refractivity contribution in [3.8, 4) is 0 Å². The first kappa shape index (κ1) is 76.8. The minimum atomic E-state index is -0.791. The zero-order valence-electron chi connectivity index (χ0n) is 53.0. The minimum absolute atomic E-state index is 0.0865. The molecule has 1 unspecified atom stereocenters. The van der Waals surface area contributed by atoms with Gasteiger partial charge in [-0.05, 0) is 128 Å². The second-order valence-electron chi connectivity index (χ2n) is 22.3. The highest BCUT2D eigenvalue weighted by atomic mass is 16.6. The molecule has 0 fully saturated rings. The molecule has 0 spiro atoms. The first-order valence-corrected chi connectivity index (χ1v) is 34.0. The number of carbonyl (C=O) groups is 3. The van der Waals surface area contributed by atoms with Crippen LogP contribution in [0.1, 0.15) is 316 Å². The quantitative estimate of drug-likeness (QED) is 0.0261.